The molecule has 0 radical (unpaired) electrons. The van der Waals surface area contributed by atoms with Crippen molar-refractivity contribution in [2.45, 2.75) is 32.9 Å². The maximum absolute atomic E-state index is 5.98. The lowest BCUT2D eigenvalue weighted by molar-refractivity contribution is 0.122. The summed E-state index contributed by atoms with van der Waals surface area (Å²) < 4.78 is 7.88. The van der Waals surface area contributed by atoms with Crippen LogP contribution in [-0.4, -0.2) is 41.0 Å². The molecule has 0 unspecified atom stereocenters. The zero-order valence-corrected chi connectivity index (χ0v) is 22.9. The molecule has 2 saturated heterocycles. The number of ether oxygens (including phenoxy) is 1. The number of aryl methyl sites for hydroxylation is 2. The number of aromatic nitrogens is 2. The van der Waals surface area contributed by atoms with Gasteiger partial charge in [-0.25, -0.2) is 0 Å². The van der Waals surface area contributed by atoms with Gasteiger partial charge in [0.1, 0.15) is 0 Å². The second-order valence-corrected chi connectivity index (χ2v) is 10.5. The molecular weight excluding hydrogens is 490 g/mol. The lowest BCUT2D eigenvalue weighted by atomic mass is 9.96. The highest BCUT2D eigenvalue weighted by Crippen LogP contribution is 2.44. The first-order valence-corrected chi connectivity index (χ1v) is 13.6. The topological polar surface area (TPSA) is 45.6 Å². The van der Waals surface area contributed by atoms with E-state index in [1.54, 1.807) is 0 Å². The van der Waals surface area contributed by atoms with E-state index in [9.17, 15) is 0 Å². The lowest BCUT2D eigenvalue weighted by Gasteiger charge is -2.31. The molecule has 194 valence electrons. The van der Waals surface area contributed by atoms with E-state index in [0.29, 0.717) is 5.11 Å². The summed E-state index contributed by atoms with van der Waals surface area (Å²) in [5.41, 5.74) is 9.33. The largest absolute Gasteiger partial charge is 0.378 e. The molecule has 6 nitrogen and oxygen atoms in total. The van der Waals surface area contributed by atoms with Gasteiger partial charge in [-0.3, -0.25) is 4.98 Å². The van der Waals surface area contributed by atoms with Crippen molar-refractivity contribution in [3.63, 3.8) is 0 Å². The lowest BCUT2D eigenvalue weighted by Crippen LogP contribution is -2.36. The fraction of sp³-hybridized carbons (Fsp3) is 0.290. The van der Waals surface area contributed by atoms with Crippen molar-refractivity contribution < 1.29 is 4.74 Å². The molecule has 2 aromatic heterocycles. The summed E-state index contributed by atoms with van der Waals surface area (Å²) >= 11 is 5.98. The quantitative estimate of drug-likeness (QED) is 0.333. The highest BCUT2D eigenvalue weighted by Gasteiger charge is 2.42. The normalized spacial score (nSPS) is 19.6. The first-order chi connectivity index (χ1) is 18.5. The molecule has 4 aromatic rings. The van der Waals surface area contributed by atoms with Crippen LogP contribution in [0, 0.1) is 20.8 Å². The Morgan fingerprint density at radius 2 is 1.63 bits per heavy atom. The number of rotatable bonds is 5. The number of nitrogens with one attached hydrogen (secondary N) is 1. The number of hydrogen-bond donors (Lipinski definition) is 1. The molecule has 0 bridgehead atoms. The number of anilines is 2. The smallest absolute Gasteiger partial charge is 0.174 e. The standard InChI is InChI=1S/C31H33N5OS/c1-21-7-6-8-26(19-21)35-22(2)20-27(23(35)3)30-29(28-9-4-5-14-32-28)33-31(38)36(30)25-12-10-24(11-13-25)34-15-17-37-18-16-34/h4-14,19-20,29-30H,15-18H2,1-3H3,(H,33,38)/t29-,30+/m0/s1. The highest BCUT2D eigenvalue weighted by atomic mass is 32.1. The van der Waals surface area contributed by atoms with Gasteiger partial charge >= 0.3 is 0 Å². The summed E-state index contributed by atoms with van der Waals surface area (Å²) in [7, 11) is 0. The Hall–Kier alpha value is -3.68. The van der Waals surface area contributed by atoms with E-state index in [-0.39, 0.29) is 12.1 Å². The number of benzene rings is 2. The predicted molar refractivity (Wildman–Crippen MR) is 157 cm³/mol. The van der Waals surface area contributed by atoms with Gasteiger partial charge in [0.2, 0.25) is 0 Å². The third kappa shape index (κ3) is 4.46. The number of hydrogen-bond acceptors (Lipinski definition) is 4. The Bertz CT molecular complexity index is 1440. The molecule has 6 rings (SSSR count). The molecule has 1 N–H and O–H groups in total. The van der Waals surface area contributed by atoms with Crippen LogP contribution >= 0.6 is 12.2 Å². The van der Waals surface area contributed by atoms with Crippen LogP contribution < -0.4 is 15.1 Å². The molecule has 4 heterocycles. The third-order valence-electron chi connectivity index (χ3n) is 7.65. The number of morpholine rings is 1. The number of thiocarbonyl (C=S) groups is 1. The Morgan fingerprint density at radius 3 is 2.34 bits per heavy atom. The van der Waals surface area contributed by atoms with E-state index in [1.807, 2.05) is 18.3 Å². The predicted octanol–water partition coefficient (Wildman–Crippen LogP) is 5.81. The van der Waals surface area contributed by atoms with Crippen LogP contribution in [0.5, 0.6) is 0 Å². The molecule has 2 aliphatic heterocycles. The van der Waals surface area contributed by atoms with Gasteiger partial charge < -0.3 is 24.4 Å². The van der Waals surface area contributed by atoms with Crippen molar-refractivity contribution in [3.05, 3.63) is 107 Å². The molecule has 2 aliphatic rings. The van der Waals surface area contributed by atoms with E-state index < -0.39 is 0 Å². The summed E-state index contributed by atoms with van der Waals surface area (Å²) in [6.45, 7) is 9.89. The molecule has 0 saturated carbocycles. The van der Waals surface area contributed by atoms with Gasteiger partial charge in [0, 0.05) is 47.7 Å². The van der Waals surface area contributed by atoms with Crippen LogP contribution in [0.15, 0.2) is 79.0 Å². The van der Waals surface area contributed by atoms with E-state index in [1.165, 1.54) is 33.9 Å². The Balaban J connectivity index is 1.43. The molecule has 2 fully saturated rings. The van der Waals surface area contributed by atoms with Gasteiger partial charge in [0.25, 0.3) is 0 Å². The average molecular weight is 524 g/mol. The van der Waals surface area contributed by atoms with Crippen LogP contribution in [0.25, 0.3) is 5.69 Å². The zero-order chi connectivity index (χ0) is 26.2. The molecular formula is C31H33N5OS. The van der Waals surface area contributed by atoms with Crippen molar-refractivity contribution in [2.24, 2.45) is 0 Å². The Kier molecular flexibility index (Phi) is 6.64. The SMILES string of the molecule is Cc1cccc(-n2c(C)cc([C@@H]3[C@H](c4ccccn4)NC(=S)N3c3ccc(N4CCOCC4)cc3)c2C)c1. The molecule has 2 atom stereocenters. The van der Waals surface area contributed by atoms with Gasteiger partial charge in [-0.05, 0) is 98.7 Å². The van der Waals surface area contributed by atoms with Crippen molar-refractivity contribution in [1.29, 1.82) is 0 Å². The van der Waals surface area contributed by atoms with Gasteiger partial charge in [-0.2, -0.15) is 0 Å². The molecule has 0 spiro atoms. The van der Waals surface area contributed by atoms with Gasteiger partial charge in [-0.15, -0.1) is 0 Å². The minimum atomic E-state index is -0.0749. The number of nitrogens with zero attached hydrogens (tertiary/aromatic N) is 4. The summed E-state index contributed by atoms with van der Waals surface area (Å²) in [5.74, 6) is 0. The van der Waals surface area contributed by atoms with Crippen molar-refractivity contribution in [2.75, 3.05) is 36.1 Å². The summed E-state index contributed by atoms with van der Waals surface area (Å²) in [6, 6.07) is 25.7. The third-order valence-corrected chi connectivity index (χ3v) is 7.97. The average Bonchev–Trinajstić information content (AvgIpc) is 3.44. The first-order valence-electron chi connectivity index (χ1n) is 13.2. The van der Waals surface area contributed by atoms with Crippen molar-refractivity contribution >= 4 is 28.7 Å². The molecule has 2 aromatic carbocycles. The minimum Gasteiger partial charge on any atom is -0.378 e. The second-order valence-electron chi connectivity index (χ2n) is 10.1. The van der Waals surface area contributed by atoms with Crippen LogP contribution in [0.2, 0.25) is 0 Å². The molecule has 7 heteroatoms. The Labute approximate surface area is 229 Å². The van der Waals surface area contributed by atoms with Gasteiger partial charge in [0.15, 0.2) is 5.11 Å². The maximum Gasteiger partial charge on any atom is 0.174 e. The van der Waals surface area contributed by atoms with Crippen molar-refractivity contribution in [1.82, 2.24) is 14.9 Å². The fourth-order valence-corrected chi connectivity index (χ4v) is 6.19. The zero-order valence-electron chi connectivity index (χ0n) is 22.1. The monoisotopic (exact) mass is 523 g/mol. The fourth-order valence-electron chi connectivity index (χ4n) is 5.85. The molecule has 0 amide bonds. The Morgan fingerprint density at radius 1 is 0.868 bits per heavy atom. The van der Waals surface area contributed by atoms with Gasteiger partial charge in [-0.1, -0.05) is 18.2 Å². The summed E-state index contributed by atoms with van der Waals surface area (Å²) in [4.78, 5) is 9.37. The minimum absolute atomic E-state index is 0.0450. The van der Waals surface area contributed by atoms with E-state index in [0.717, 1.165) is 37.7 Å². The van der Waals surface area contributed by atoms with E-state index in [4.69, 9.17) is 21.9 Å². The van der Waals surface area contributed by atoms with Crippen LogP contribution in [0.3, 0.4) is 0 Å². The highest BCUT2D eigenvalue weighted by molar-refractivity contribution is 7.80. The van der Waals surface area contributed by atoms with Crippen molar-refractivity contribution in [3.8, 4) is 5.69 Å². The number of pyridine rings is 1. The maximum atomic E-state index is 5.98. The van der Waals surface area contributed by atoms with E-state index in [2.05, 4.69) is 101 Å². The van der Waals surface area contributed by atoms with Crippen LogP contribution in [0.1, 0.15) is 40.3 Å². The summed E-state index contributed by atoms with van der Waals surface area (Å²) in [6.07, 6.45) is 1.85. The summed E-state index contributed by atoms with van der Waals surface area (Å²) in [5, 5.41) is 4.32. The van der Waals surface area contributed by atoms with Gasteiger partial charge in [0.05, 0.1) is 31.0 Å². The van der Waals surface area contributed by atoms with E-state index >= 15 is 0 Å². The molecule has 0 aliphatic carbocycles. The molecule has 38 heavy (non-hydrogen) atoms. The first kappa shape index (κ1) is 24.6. The second kappa shape index (κ2) is 10.2. The van der Waals surface area contributed by atoms with Crippen LogP contribution in [0.4, 0.5) is 11.4 Å². The van der Waals surface area contributed by atoms with Crippen LogP contribution in [-0.2, 0) is 4.74 Å².